The van der Waals surface area contributed by atoms with E-state index in [1.165, 1.54) is 0 Å². The number of aliphatic hydroxyl groups is 2. The summed E-state index contributed by atoms with van der Waals surface area (Å²) in [6.45, 7) is 12.1. The molecule has 4 N–H and O–H groups in total. The van der Waals surface area contributed by atoms with Crippen molar-refractivity contribution in [1.29, 1.82) is 0 Å². The maximum absolute atomic E-state index is 13.8. The number of hydrogen-bond donors (Lipinski definition) is 4. The third-order valence-corrected chi connectivity index (χ3v) is 8.80. The molecule has 0 aromatic heterocycles. The number of aliphatic hydroxyl groups excluding tert-OH is 2. The van der Waals surface area contributed by atoms with Crippen molar-refractivity contribution < 1.29 is 34.0 Å². The summed E-state index contributed by atoms with van der Waals surface area (Å²) in [7, 11) is 0. The van der Waals surface area contributed by atoms with Crippen molar-refractivity contribution in [3.05, 3.63) is 65.7 Å². The fourth-order valence-electron chi connectivity index (χ4n) is 6.17. The van der Waals surface area contributed by atoms with Gasteiger partial charge in [-0.3, -0.25) is 9.69 Å². The molecule has 2 aromatic carbocycles. The molecule has 46 heavy (non-hydrogen) atoms. The molecule has 0 unspecified atom stereocenters. The first-order valence-corrected chi connectivity index (χ1v) is 16.7. The van der Waals surface area contributed by atoms with Gasteiger partial charge in [0.2, 0.25) is 5.91 Å². The Kier molecular flexibility index (Phi) is 13.3. The Hall–Kier alpha value is -3.18. The van der Waals surface area contributed by atoms with E-state index >= 15 is 0 Å². The molecule has 2 amide bonds. The largest absolute Gasteiger partial charge is 0.492 e. The van der Waals surface area contributed by atoms with E-state index < -0.39 is 35.9 Å². The number of benzene rings is 2. The SMILES string of the molecule is C[C@H]1CC[C@@H](O)[C@H]1NC(=O)[C@H](Cc1ccc(OCCN2CCOCC2)cc1)C[C@H](O)[C@H](Cc1ccccc1)NC(=O)OC(C)(C)C. The van der Waals surface area contributed by atoms with E-state index in [-0.39, 0.29) is 24.3 Å². The zero-order valence-electron chi connectivity index (χ0n) is 27.8. The Labute approximate surface area is 273 Å². The molecule has 1 aliphatic heterocycles. The van der Waals surface area contributed by atoms with Crippen LogP contribution in [0.15, 0.2) is 54.6 Å². The third kappa shape index (κ3) is 11.6. The highest BCUT2D eigenvalue weighted by Gasteiger charge is 2.36. The second kappa shape index (κ2) is 17.1. The van der Waals surface area contributed by atoms with Crippen LogP contribution >= 0.6 is 0 Å². The van der Waals surface area contributed by atoms with Gasteiger partial charge in [0, 0.05) is 25.6 Å². The summed E-state index contributed by atoms with van der Waals surface area (Å²) in [5.74, 6) is 0.0729. The molecule has 10 heteroatoms. The van der Waals surface area contributed by atoms with Gasteiger partial charge in [-0.2, -0.15) is 0 Å². The minimum absolute atomic E-state index is 0.105. The number of rotatable bonds is 14. The summed E-state index contributed by atoms with van der Waals surface area (Å²) >= 11 is 0. The van der Waals surface area contributed by atoms with Crippen molar-refractivity contribution in [2.45, 2.75) is 89.7 Å². The second-order valence-corrected chi connectivity index (χ2v) is 13.7. The monoisotopic (exact) mass is 639 g/mol. The fraction of sp³-hybridized carbons (Fsp3) is 0.611. The Balaban J connectivity index is 1.46. The first-order valence-electron chi connectivity index (χ1n) is 16.7. The molecule has 4 rings (SSSR count). The van der Waals surface area contributed by atoms with Gasteiger partial charge in [0.25, 0.3) is 0 Å². The van der Waals surface area contributed by atoms with Crippen LogP contribution in [0.4, 0.5) is 4.79 Å². The van der Waals surface area contributed by atoms with E-state index in [9.17, 15) is 19.8 Å². The normalized spacial score (nSPS) is 22.4. The molecule has 2 fully saturated rings. The van der Waals surface area contributed by atoms with E-state index in [1.54, 1.807) is 20.8 Å². The number of ether oxygens (including phenoxy) is 3. The number of nitrogens with one attached hydrogen (secondary N) is 2. The maximum atomic E-state index is 13.8. The van der Waals surface area contributed by atoms with Gasteiger partial charge in [-0.05, 0) is 82.1 Å². The summed E-state index contributed by atoms with van der Waals surface area (Å²) < 4.78 is 16.9. The number of morpholine rings is 1. The molecule has 1 heterocycles. The average Bonchev–Trinajstić information content (AvgIpc) is 3.33. The lowest BCUT2D eigenvalue weighted by Gasteiger charge is -2.30. The van der Waals surface area contributed by atoms with Gasteiger partial charge in [0.05, 0.1) is 37.5 Å². The number of nitrogens with zero attached hydrogens (tertiary/aromatic N) is 1. The Morgan fingerprint density at radius 1 is 1.00 bits per heavy atom. The molecule has 0 radical (unpaired) electrons. The van der Waals surface area contributed by atoms with Crippen molar-refractivity contribution >= 4 is 12.0 Å². The van der Waals surface area contributed by atoms with Crippen LogP contribution in [-0.2, 0) is 27.1 Å². The fourth-order valence-corrected chi connectivity index (χ4v) is 6.17. The quantitative estimate of drug-likeness (QED) is 0.246. The number of alkyl carbamates (subject to hydrolysis) is 1. The zero-order chi connectivity index (χ0) is 33.1. The van der Waals surface area contributed by atoms with Crippen LogP contribution in [0.5, 0.6) is 5.75 Å². The summed E-state index contributed by atoms with van der Waals surface area (Å²) in [5, 5.41) is 28.1. The van der Waals surface area contributed by atoms with Crippen LogP contribution in [0.1, 0.15) is 58.1 Å². The Bertz CT molecular complexity index is 1200. The molecule has 10 nitrogen and oxygen atoms in total. The topological polar surface area (TPSA) is 130 Å². The third-order valence-electron chi connectivity index (χ3n) is 8.80. The summed E-state index contributed by atoms with van der Waals surface area (Å²) in [4.78, 5) is 28.9. The van der Waals surface area contributed by atoms with E-state index in [1.807, 2.05) is 61.5 Å². The summed E-state index contributed by atoms with van der Waals surface area (Å²) in [5.41, 5.74) is 1.16. The van der Waals surface area contributed by atoms with Crippen LogP contribution in [0.25, 0.3) is 0 Å². The van der Waals surface area contributed by atoms with Crippen LogP contribution in [0, 0.1) is 11.8 Å². The van der Waals surface area contributed by atoms with Gasteiger partial charge in [0.15, 0.2) is 0 Å². The standard InChI is InChI=1S/C36H53N3O7/c1-25-10-15-31(40)33(25)38-34(42)28(22-27-11-13-29(14-12-27)45-21-18-39-16-19-44-20-17-39)24-32(41)30(23-26-8-6-5-7-9-26)37-35(43)46-36(2,3)4/h5-9,11-14,25,28,30-33,40-41H,10,15-24H2,1-4H3,(H,37,43)(H,38,42)/t25-,28+,30-,31+,32-,33-/m0/s1. The summed E-state index contributed by atoms with van der Waals surface area (Å²) in [6, 6.07) is 16.3. The predicted octanol–water partition coefficient (Wildman–Crippen LogP) is 3.72. The van der Waals surface area contributed by atoms with E-state index in [0.29, 0.717) is 25.9 Å². The highest BCUT2D eigenvalue weighted by Crippen LogP contribution is 2.27. The lowest BCUT2D eigenvalue weighted by atomic mass is 9.88. The van der Waals surface area contributed by atoms with Gasteiger partial charge in [-0.15, -0.1) is 0 Å². The number of carbonyl (C=O) groups is 2. The van der Waals surface area contributed by atoms with Crippen molar-refractivity contribution in [1.82, 2.24) is 15.5 Å². The second-order valence-electron chi connectivity index (χ2n) is 13.7. The van der Waals surface area contributed by atoms with E-state index in [0.717, 1.165) is 56.1 Å². The summed E-state index contributed by atoms with van der Waals surface area (Å²) in [6.07, 6.45) is 0.0596. The first-order chi connectivity index (χ1) is 22.0. The van der Waals surface area contributed by atoms with Crippen LogP contribution in [0.3, 0.4) is 0 Å². The first kappa shape index (κ1) is 35.7. The highest BCUT2D eigenvalue weighted by atomic mass is 16.6. The van der Waals surface area contributed by atoms with Crippen molar-refractivity contribution in [3.63, 3.8) is 0 Å². The van der Waals surface area contributed by atoms with E-state index in [4.69, 9.17) is 14.2 Å². The number of amides is 2. The minimum atomic E-state index is -1.04. The molecule has 2 aromatic rings. The smallest absolute Gasteiger partial charge is 0.407 e. The lowest BCUT2D eigenvalue weighted by molar-refractivity contribution is -0.127. The molecule has 1 saturated carbocycles. The number of carbonyl (C=O) groups excluding carboxylic acids is 2. The van der Waals surface area contributed by atoms with Gasteiger partial charge < -0.3 is 35.1 Å². The average molecular weight is 640 g/mol. The van der Waals surface area contributed by atoms with Crippen LogP contribution in [-0.4, -0.2) is 96.5 Å². The molecule has 2 aliphatic rings. The molecule has 6 atom stereocenters. The molecule has 0 spiro atoms. The zero-order valence-corrected chi connectivity index (χ0v) is 27.8. The minimum Gasteiger partial charge on any atom is -0.492 e. The van der Waals surface area contributed by atoms with Crippen LogP contribution in [0.2, 0.25) is 0 Å². The van der Waals surface area contributed by atoms with Gasteiger partial charge in [-0.1, -0.05) is 49.4 Å². The Morgan fingerprint density at radius 2 is 1.67 bits per heavy atom. The molecule has 0 bridgehead atoms. The maximum Gasteiger partial charge on any atom is 0.407 e. The number of hydrogen-bond acceptors (Lipinski definition) is 8. The molecular formula is C36H53N3O7. The predicted molar refractivity (Wildman–Crippen MR) is 177 cm³/mol. The Morgan fingerprint density at radius 3 is 2.30 bits per heavy atom. The lowest BCUT2D eigenvalue weighted by Crippen LogP contribution is -2.50. The van der Waals surface area contributed by atoms with Crippen molar-refractivity contribution in [2.75, 3.05) is 39.5 Å². The van der Waals surface area contributed by atoms with Gasteiger partial charge in [-0.25, -0.2) is 4.79 Å². The van der Waals surface area contributed by atoms with Crippen molar-refractivity contribution in [2.24, 2.45) is 11.8 Å². The van der Waals surface area contributed by atoms with Gasteiger partial charge in [0.1, 0.15) is 18.0 Å². The van der Waals surface area contributed by atoms with Crippen molar-refractivity contribution in [3.8, 4) is 5.75 Å². The highest BCUT2D eigenvalue weighted by molar-refractivity contribution is 5.79. The van der Waals surface area contributed by atoms with Crippen LogP contribution < -0.4 is 15.4 Å². The molecule has 1 saturated heterocycles. The molecular weight excluding hydrogens is 586 g/mol. The molecule has 254 valence electrons. The van der Waals surface area contributed by atoms with Gasteiger partial charge >= 0.3 is 6.09 Å². The molecule has 1 aliphatic carbocycles. The van der Waals surface area contributed by atoms with E-state index in [2.05, 4.69) is 15.5 Å².